The number of likely N-dealkylation sites (tertiary alicyclic amines) is 1. The zero-order valence-electron chi connectivity index (χ0n) is 24.1. The topological polar surface area (TPSA) is 90.7 Å². The maximum absolute atomic E-state index is 13.9. The monoisotopic (exact) mass is 569 g/mol. The highest BCUT2D eigenvalue weighted by molar-refractivity contribution is 5.79. The maximum Gasteiger partial charge on any atom is 0.321 e. The van der Waals surface area contributed by atoms with E-state index in [1.165, 1.54) is 17.3 Å². The first-order chi connectivity index (χ1) is 20.6. The van der Waals surface area contributed by atoms with E-state index in [2.05, 4.69) is 50.2 Å². The van der Waals surface area contributed by atoms with Crippen LogP contribution in [0, 0.1) is 6.92 Å². The molecule has 0 aliphatic carbocycles. The lowest BCUT2D eigenvalue weighted by Crippen LogP contribution is -2.48. The van der Waals surface area contributed by atoms with Gasteiger partial charge in [-0.1, -0.05) is 41.6 Å². The van der Waals surface area contributed by atoms with Crippen molar-refractivity contribution in [1.29, 1.82) is 0 Å². The average Bonchev–Trinajstić information content (AvgIpc) is 3.38. The molecule has 2 aromatic carbocycles. The molecule has 0 unspecified atom stereocenters. The van der Waals surface area contributed by atoms with Gasteiger partial charge in [0.05, 0.1) is 12.3 Å². The van der Waals surface area contributed by atoms with Crippen LogP contribution in [0.15, 0.2) is 71.9 Å². The Labute approximate surface area is 247 Å². The van der Waals surface area contributed by atoms with Crippen molar-refractivity contribution in [3.05, 3.63) is 89.1 Å². The van der Waals surface area contributed by atoms with Crippen molar-refractivity contribution >= 4 is 12.2 Å². The fraction of sp³-hybridized carbons (Fsp3) is 0.424. The van der Waals surface area contributed by atoms with Crippen LogP contribution in [0.5, 0.6) is 11.6 Å². The second kappa shape index (κ2) is 12.9. The van der Waals surface area contributed by atoms with E-state index in [4.69, 9.17) is 19.7 Å². The van der Waals surface area contributed by atoms with Crippen molar-refractivity contribution in [3.63, 3.8) is 0 Å². The third kappa shape index (κ3) is 6.27. The van der Waals surface area contributed by atoms with E-state index in [-0.39, 0.29) is 24.2 Å². The number of nitrogens with zero attached hydrogens (tertiary/aromatic N) is 5. The van der Waals surface area contributed by atoms with Crippen molar-refractivity contribution in [2.45, 2.75) is 57.3 Å². The number of carbonyl (C=O) groups is 1. The molecular weight excluding hydrogens is 530 g/mol. The summed E-state index contributed by atoms with van der Waals surface area (Å²) in [4.78, 5) is 25.4. The van der Waals surface area contributed by atoms with Crippen molar-refractivity contribution in [2.75, 3.05) is 32.8 Å². The molecule has 0 spiro atoms. The molecule has 9 nitrogen and oxygen atoms in total. The number of hydrogen-bond acceptors (Lipinski definition) is 7. The van der Waals surface area contributed by atoms with Gasteiger partial charge in [-0.25, -0.2) is 9.78 Å². The minimum Gasteiger partial charge on any atom is -0.439 e. The van der Waals surface area contributed by atoms with E-state index in [1.54, 1.807) is 0 Å². The summed E-state index contributed by atoms with van der Waals surface area (Å²) < 4.78 is 11.5. The van der Waals surface area contributed by atoms with Gasteiger partial charge in [0.15, 0.2) is 0 Å². The molecule has 6 rings (SSSR count). The summed E-state index contributed by atoms with van der Waals surface area (Å²) in [6.07, 6.45) is 5.13. The molecule has 4 heterocycles. The normalized spacial score (nSPS) is 21.0. The van der Waals surface area contributed by atoms with Crippen LogP contribution in [0.2, 0.25) is 0 Å². The number of ether oxygens (including phenoxy) is 2. The van der Waals surface area contributed by atoms with E-state index < -0.39 is 0 Å². The average molecular weight is 570 g/mol. The summed E-state index contributed by atoms with van der Waals surface area (Å²) in [5, 5.41) is 11.7. The Morgan fingerprint density at radius 2 is 1.71 bits per heavy atom. The first kappa shape index (κ1) is 28.2. The van der Waals surface area contributed by atoms with Gasteiger partial charge in [0.1, 0.15) is 5.75 Å². The van der Waals surface area contributed by atoms with Gasteiger partial charge < -0.3 is 24.5 Å². The molecule has 0 bridgehead atoms. The Morgan fingerprint density at radius 1 is 0.976 bits per heavy atom. The van der Waals surface area contributed by atoms with Crippen molar-refractivity contribution in [1.82, 2.24) is 19.7 Å². The smallest absolute Gasteiger partial charge is 0.321 e. The number of oxime groups is 1. The highest BCUT2D eigenvalue weighted by Crippen LogP contribution is 2.37. The van der Waals surface area contributed by atoms with E-state index in [1.807, 2.05) is 43.3 Å². The number of piperidine rings is 1. The number of aryl methyl sites for hydroxylation is 1. The molecule has 42 heavy (non-hydrogen) atoms. The van der Waals surface area contributed by atoms with Gasteiger partial charge in [0.25, 0.3) is 0 Å². The summed E-state index contributed by atoms with van der Waals surface area (Å²) in [5.74, 6) is 1.22. The van der Waals surface area contributed by atoms with Crippen LogP contribution >= 0.6 is 0 Å². The quantitative estimate of drug-likeness (QED) is 0.215. The SMILES string of the molecule is Cc1nc(Oc2ccc(/C=N/O)cc2)ccc1CN1CCC(N2C(=O)N(C3CCOCC3)C[C@H]2c2ccccc2)CC1. The molecule has 9 heteroatoms. The van der Waals surface area contributed by atoms with Gasteiger partial charge in [-0.3, -0.25) is 4.90 Å². The number of pyridine rings is 1. The highest BCUT2D eigenvalue weighted by atomic mass is 16.5. The molecule has 3 saturated heterocycles. The molecule has 3 fully saturated rings. The molecule has 0 saturated carbocycles. The van der Waals surface area contributed by atoms with Crippen LogP contribution < -0.4 is 4.74 Å². The number of carbonyl (C=O) groups excluding carboxylic acids is 1. The Bertz CT molecular complexity index is 1370. The predicted molar refractivity (Wildman–Crippen MR) is 160 cm³/mol. The Hall–Kier alpha value is -3.95. The summed E-state index contributed by atoms with van der Waals surface area (Å²) in [7, 11) is 0. The molecule has 0 radical (unpaired) electrons. The van der Waals surface area contributed by atoms with Crippen LogP contribution in [-0.4, -0.2) is 82.1 Å². The molecule has 220 valence electrons. The molecular formula is C33H39N5O4. The van der Waals surface area contributed by atoms with Gasteiger partial charge in [0, 0.05) is 63.2 Å². The highest BCUT2D eigenvalue weighted by Gasteiger charge is 2.45. The summed E-state index contributed by atoms with van der Waals surface area (Å²) >= 11 is 0. The van der Waals surface area contributed by atoms with Gasteiger partial charge in [-0.15, -0.1) is 0 Å². The fourth-order valence-electron chi connectivity index (χ4n) is 6.48. The molecule has 1 atom stereocenters. The summed E-state index contributed by atoms with van der Waals surface area (Å²) in [5.41, 5.74) is 4.14. The van der Waals surface area contributed by atoms with Crippen LogP contribution in [0.4, 0.5) is 4.79 Å². The van der Waals surface area contributed by atoms with Crippen LogP contribution in [0.25, 0.3) is 0 Å². The second-order valence-corrected chi connectivity index (χ2v) is 11.4. The zero-order chi connectivity index (χ0) is 28.9. The largest absolute Gasteiger partial charge is 0.439 e. The lowest BCUT2D eigenvalue weighted by molar-refractivity contribution is 0.0493. The Kier molecular flexibility index (Phi) is 8.67. The summed E-state index contributed by atoms with van der Waals surface area (Å²) in [6, 6.07) is 22.6. The zero-order valence-corrected chi connectivity index (χ0v) is 24.1. The number of urea groups is 1. The Morgan fingerprint density at radius 3 is 2.40 bits per heavy atom. The predicted octanol–water partition coefficient (Wildman–Crippen LogP) is 5.61. The van der Waals surface area contributed by atoms with Gasteiger partial charge in [-0.05, 0) is 73.6 Å². The Balaban J connectivity index is 1.08. The van der Waals surface area contributed by atoms with E-state index in [9.17, 15) is 4.79 Å². The number of rotatable bonds is 8. The number of amides is 2. The molecule has 3 aliphatic heterocycles. The molecule has 1 N–H and O–H groups in total. The molecule has 1 aromatic heterocycles. The number of aromatic nitrogens is 1. The lowest BCUT2D eigenvalue weighted by atomic mass is 9.98. The first-order valence-electron chi connectivity index (χ1n) is 14.9. The fourth-order valence-corrected chi connectivity index (χ4v) is 6.48. The van der Waals surface area contributed by atoms with E-state index >= 15 is 0 Å². The van der Waals surface area contributed by atoms with Crippen molar-refractivity contribution < 1.29 is 19.5 Å². The van der Waals surface area contributed by atoms with Crippen LogP contribution in [0.1, 0.15) is 54.1 Å². The minimum atomic E-state index is 0.0936. The summed E-state index contributed by atoms with van der Waals surface area (Å²) in [6.45, 7) is 6.95. The molecule has 3 aliphatic rings. The van der Waals surface area contributed by atoms with Gasteiger partial charge in [0.2, 0.25) is 5.88 Å². The maximum atomic E-state index is 13.9. The van der Waals surface area contributed by atoms with Crippen molar-refractivity contribution in [3.8, 4) is 11.6 Å². The van der Waals surface area contributed by atoms with E-state index in [0.717, 1.165) is 76.3 Å². The van der Waals surface area contributed by atoms with Crippen LogP contribution in [0.3, 0.4) is 0 Å². The second-order valence-electron chi connectivity index (χ2n) is 11.4. The van der Waals surface area contributed by atoms with Gasteiger partial charge in [-0.2, -0.15) is 0 Å². The number of benzene rings is 2. The minimum absolute atomic E-state index is 0.0936. The third-order valence-electron chi connectivity index (χ3n) is 8.81. The van der Waals surface area contributed by atoms with Crippen molar-refractivity contribution in [2.24, 2.45) is 5.16 Å². The molecule has 3 aromatic rings. The van der Waals surface area contributed by atoms with Crippen LogP contribution in [-0.2, 0) is 11.3 Å². The van der Waals surface area contributed by atoms with Gasteiger partial charge >= 0.3 is 6.03 Å². The molecule has 2 amide bonds. The third-order valence-corrected chi connectivity index (χ3v) is 8.81. The first-order valence-corrected chi connectivity index (χ1v) is 14.9. The van der Waals surface area contributed by atoms with E-state index in [0.29, 0.717) is 11.6 Å². The number of hydrogen-bond donors (Lipinski definition) is 1. The lowest BCUT2D eigenvalue weighted by Gasteiger charge is -2.39. The standard InChI is InChI=1S/C33H39N5O4/c1-24-27(9-12-32(35-24)42-30-10-7-25(8-11-30)21-34-40)22-36-17-13-29(14-18-36)38-31(26-5-3-2-4-6-26)23-37(33(38)39)28-15-19-41-20-16-28/h2-12,21,28-29,31,40H,13-20,22-23H2,1H3/b34-21+/t31-/m0/s1.